The standard InChI is InChI=1S/C12H26N4O/c1-2-14-12(17)11-16-8-4-7-15(9-10-16)6-3-5-13/h2-11,13H2,1H3,(H,14,17). The van der Waals surface area contributed by atoms with Crippen molar-refractivity contribution in [1.29, 1.82) is 0 Å². The van der Waals surface area contributed by atoms with Gasteiger partial charge in [0.05, 0.1) is 6.54 Å². The van der Waals surface area contributed by atoms with Crippen molar-refractivity contribution < 1.29 is 4.79 Å². The largest absolute Gasteiger partial charge is 0.355 e. The first-order valence-electron chi connectivity index (χ1n) is 6.67. The zero-order valence-corrected chi connectivity index (χ0v) is 11.0. The van der Waals surface area contributed by atoms with Crippen molar-refractivity contribution in [2.75, 3.05) is 52.4 Å². The lowest BCUT2D eigenvalue weighted by molar-refractivity contribution is -0.122. The molecule has 3 N–H and O–H groups in total. The summed E-state index contributed by atoms with van der Waals surface area (Å²) in [4.78, 5) is 16.2. The molecule has 0 aromatic carbocycles. The Morgan fingerprint density at radius 3 is 2.65 bits per heavy atom. The third kappa shape index (κ3) is 6.00. The zero-order chi connectivity index (χ0) is 12.5. The molecule has 0 aromatic rings. The number of nitrogens with two attached hydrogens (primary N) is 1. The second-order valence-electron chi connectivity index (χ2n) is 4.57. The van der Waals surface area contributed by atoms with Crippen molar-refractivity contribution in [3.05, 3.63) is 0 Å². The minimum absolute atomic E-state index is 0.142. The third-order valence-electron chi connectivity index (χ3n) is 3.10. The zero-order valence-electron chi connectivity index (χ0n) is 11.0. The molecule has 0 aliphatic carbocycles. The molecule has 17 heavy (non-hydrogen) atoms. The van der Waals surface area contributed by atoms with Crippen LogP contribution >= 0.6 is 0 Å². The Hall–Kier alpha value is -0.650. The highest BCUT2D eigenvalue weighted by Gasteiger charge is 2.16. The van der Waals surface area contributed by atoms with E-state index in [1.54, 1.807) is 0 Å². The predicted molar refractivity (Wildman–Crippen MR) is 69.9 cm³/mol. The molecule has 5 heteroatoms. The Morgan fingerprint density at radius 1 is 1.24 bits per heavy atom. The lowest BCUT2D eigenvalue weighted by Crippen LogP contribution is -2.39. The maximum Gasteiger partial charge on any atom is 0.234 e. The van der Waals surface area contributed by atoms with E-state index in [-0.39, 0.29) is 5.91 Å². The molecule has 1 saturated heterocycles. The van der Waals surface area contributed by atoms with Crippen LogP contribution in [0.4, 0.5) is 0 Å². The van der Waals surface area contributed by atoms with E-state index >= 15 is 0 Å². The smallest absolute Gasteiger partial charge is 0.234 e. The van der Waals surface area contributed by atoms with Gasteiger partial charge in [-0.1, -0.05) is 0 Å². The molecule has 1 heterocycles. The summed E-state index contributed by atoms with van der Waals surface area (Å²) in [6.07, 6.45) is 2.21. The molecule has 0 radical (unpaired) electrons. The Balaban J connectivity index is 2.24. The van der Waals surface area contributed by atoms with Gasteiger partial charge in [0.2, 0.25) is 5.91 Å². The van der Waals surface area contributed by atoms with E-state index in [9.17, 15) is 4.79 Å². The van der Waals surface area contributed by atoms with Crippen molar-refractivity contribution in [2.45, 2.75) is 19.8 Å². The first-order chi connectivity index (χ1) is 8.26. The number of nitrogens with zero attached hydrogens (tertiary/aromatic N) is 2. The lowest BCUT2D eigenvalue weighted by Gasteiger charge is -2.21. The average molecular weight is 242 g/mol. The van der Waals surface area contributed by atoms with Gasteiger partial charge in [-0.3, -0.25) is 9.69 Å². The molecule has 0 spiro atoms. The molecule has 0 unspecified atom stereocenters. The Labute approximate surface area is 104 Å². The van der Waals surface area contributed by atoms with Crippen LogP contribution in [0.25, 0.3) is 0 Å². The van der Waals surface area contributed by atoms with Crippen LogP contribution < -0.4 is 11.1 Å². The molecular weight excluding hydrogens is 216 g/mol. The number of likely N-dealkylation sites (N-methyl/N-ethyl adjacent to an activating group) is 1. The van der Waals surface area contributed by atoms with E-state index in [0.29, 0.717) is 6.54 Å². The molecule has 1 amide bonds. The maximum atomic E-state index is 11.5. The van der Waals surface area contributed by atoms with Gasteiger partial charge in [-0.05, 0) is 45.9 Å². The number of nitrogens with one attached hydrogen (secondary N) is 1. The van der Waals surface area contributed by atoms with Gasteiger partial charge in [-0.15, -0.1) is 0 Å². The number of rotatable bonds is 6. The van der Waals surface area contributed by atoms with Crippen LogP contribution in [0.3, 0.4) is 0 Å². The van der Waals surface area contributed by atoms with Gasteiger partial charge in [0, 0.05) is 19.6 Å². The van der Waals surface area contributed by atoms with Crippen LogP contribution in [0.2, 0.25) is 0 Å². The second-order valence-corrected chi connectivity index (χ2v) is 4.57. The fraction of sp³-hybridized carbons (Fsp3) is 0.917. The van der Waals surface area contributed by atoms with Crippen LogP contribution in [0.1, 0.15) is 19.8 Å². The number of hydrogen-bond donors (Lipinski definition) is 2. The van der Waals surface area contributed by atoms with Gasteiger partial charge < -0.3 is 16.0 Å². The average Bonchev–Trinajstić information content (AvgIpc) is 2.52. The SMILES string of the molecule is CCNC(=O)CN1CCCN(CCCN)CC1. The summed E-state index contributed by atoms with van der Waals surface area (Å²) in [7, 11) is 0. The second kappa shape index (κ2) is 8.44. The van der Waals surface area contributed by atoms with Gasteiger partial charge >= 0.3 is 0 Å². The topological polar surface area (TPSA) is 61.6 Å². The molecule has 1 aliphatic heterocycles. The van der Waals surface area contributed by atoms with E-state index in [1.165, 1.54) is 0 Å². The minimum atomic E-state index is 0.142. The molecule has 0 saturated carbocycles. The van der Waals surface area contributed by atoms with E-state index in [0.717, 1.165) is 58.7 Å². The number of amides is 1. The van der Waals surface area contributed by atoms with Crippen molar-refractivity contribution in [1.82, 2.24) is 15.1 Å². The van der Waals surface area contributed by atoms with Crippen molar-refractivity contribution in [2.24, 2.45) is 5.73 Å². The lowest BCUT2D eigenvalue weighted by atomic mass is 10.3. The van der Waals surface area contributed by atoms with Gasteiger partial charge in [-0.25, -0.2) is 0 Å². The van der Waals surface area contributed by atoms with Gasteiger partial charge in [0.1, 0.15) is 0 Å². The Kier molecular flexibility index (Phi) is 7.16. The van der Waals surface area contributed by atoms with E-state index in [4.69, 9.17) is 5.73 Å². The predicted octanol–water partition coefficient (Wildman–Crippen LogP) is -0.521. The summed E-state index contributed by atoms with van der Waals surface area (Å²) in [5.74, 6) is 0.142. The minimum Gasteiger partial charge on any atom is -0.355 e. The van der Waals surface area contributed by atoms with Crippen LogP contribution in [-0.2, 0) is 4.79 Å². The summed E-state index contributed by atoms with van der Waals surface area (Å²) in [5.41, 5.74) is 5.52. The van der Waals surface area contributed by atoms with E-state index in [2.05, 4.69) is 15.1 Å². The quantitative estimate of drug-likeness (QED) is 0.658. The van der Waals surface area contributed by atoms with Crippen molar-refractivity contribution in [3.8, 4) is 0 Å². The number of hydrogen-bond acceptors (Lipinski definition) is 4. The maximum absolute atomic E-state index is 11.5. The highest BCUT2D eigenvalue weighted by atomic mass is 16.2. The monoisotopic (exact) mass is 242 g/mol. The van der Waals surface area contributed by atoms with E-state index in [1.807, 2.05) is 6.92 Å². The Bertz CT molecular complexity index is 223. The van der Waals surface area contributed by atoms with Gasteiger partial charge in [-0.2, -0.15) is 0 Å². The number of carbonyl (C=O) groups is 1. The molecule has 1 fully saturated rings. The molecule has 0 atom stereocenters. The van der Waals surface area contributed by atoms with Crippen LogP contribution in [0, 0.1) is 0 Å². The molecule has 5 nitrogen and oxygen atoms in total. The highest BCUT2D eigenvalue weighted by Crippen LogP contribution is 2.03. The fourth-order valence-corrected chi connectivity index (χ4v) is 2.18. The number of carbonyl (C=O) groups excluding carboxylic acids is 1. The van der Waals surface area contributed by atoms with Crippen LogP contribution in [-0.4, -0.2) is 68.1 Å². The Morgan fingerprint density at radius 2 is 1.94 bits per heavy atom. The molecule has 100 valence electrons. The molecular formula is C12H26N4O. The highest BCUT2D eigenvalue weighted by molar-refractivity contribution is 5.77. The fourth-order valence-electron chi connectivity index (χ4n) is 2.18. The van der Waals surface area contributed by atoms with Gasteiger partial charge in [0.15, 0.2) is 0 Å². The summed E-state index contributed by atoms with van der Waals surface area (Å²) < 4.78 is 0. The molecule has 1 aliphatic rings. The first kappa shape index (κ1) is 14.4. The summed E-state index contributed by atoms with van der Waals surface area (Å²) in [5, 5.41) is 2.85. The van der Waals surface area contributed by atoms with Gasteiger partial charge in [0.25, 0.3) is 0 Å². The summed E-state index contributed by atoms with van der Waals surface area (Å²) >= 11 is 0. The normalized spacial score (nSPS) is 18.9. The molecule has 1 rings (SSSR count). The first-order valence-corrected chi connectivity index (χ1v) is 6.67. The van der Waals surface area contributed by atoms with Crippen molar-refractivity contribution >= 4 is 5.91 Å². The summed E-state index contributed by atoms with van der Waals surface area (Å²) in [6.45, 7) is 9.26. The van der Waals surface area contributed by atoms with Crippen LogP contribution in [0.15, 0.2) is 0 Å². The summed E-state index contributed by atoms with van der Waals surface area (Å²) in [6, 6.07) is 0. The van der Waals surface area contributed by atoms with E-state index < -0.39 is 0 Å². The van der Waals surface area contributed by atoms with Crippen LogP contribution in [0.5, 0.6) is 0 Å². The van der Waals surface area contributed by atoms with Crippen molar-refractivity contribution in [3.63, 3.8) is 0 Å². The molecule has 0 bridgehead atoms. The third-order valence-corrected chi connectivity index (χ3v) is 3.10. The molecule has 0 aromatic heterocycles.